The molecule has 1 saturated carbocycles. The Kier molecular flexibility index (Phi) is 5.24. The van der Waals surface area contributed by atoms with Crippen molar-refractivity contribution in [3.05, 3.63) is 42.4 Å². The van der Waals surface area contributed by atoms with Crippen LogP contribution in [0.3, 0.4) is 0 Å². The molecular weight excluding hydrogens is 290 g/mol. The molecule has 2 heterocycles. The Morgan fingerprint density at radius 1 is 1.22 bits per heavy atom. The number of urea groups is 1. The maximum atomic E-state index is 11.9. The molecule has 0 aliphatic heterocycles. The second-order valence-electron chi connectivity index (χ2n) is 6.06. The number of hydrogen-bond donors (Lipinski definition) is 2. The third-order valence-electron chi connectivity index (χ3n) is 4.29. The molecule has 0 radical (unpaired) electrons. The predicted molar refractivity (Wildman–Crippen MR) is 89.1 cm³/mol. The van der Waals surface area contributed by atoms with Gasteiger partial charge < -0.3 is 5.32 Å². The van der Waals surface area contributed by atoms with Gasteiger partial charge in [-0.2, -0.15) is 5.10 Å². The number of nitrogens with zero attached hydrogens (tertiary/aromatic N) is 3. The van der Waals surface area contributed by atoms with E-state index >= 15 is 0 Å². The summed E-state index contributed by atoms with van der Waals surface area (Å²) in [6, 6.07) is 5.65. The number of pyridine rings is 1. The first-order chi connectivity index (χ1) is 11.3. The van der Waals surface area contributed by atoms with Crippen LogP contribution in [-0.2, 0) is 13.0 Å². The molecule has 6 nitrogen and oxygen atoms in total. The normalized spacial score (nSPS) is 14.8. The first-order valence-electron chi connectivity index (χ1n) is 8.27. The third kappa shape index (κ3) is 4.81. The van der Waals surface area contributed by atoms with Gasteiger partial charge in [0.25, 0.3) is 0 Å². The van der Waals surface area contributed by atoms with Crippen LogP contribution in [-0.4, -0.2) is 27.3 Å². The molecule has 2 aromatic heterocycles. The van der Waals surface area contributed by atoms with E-state index in [9.17, 15) is 4.79 Å². The highest BCUT2D eigenvalue weighted by Gasteiger charge is 2.15. The third-order valence-corrected chi connectivity index (χ3v) is 4.29. The maximum absolute atomic E-state index is 11.9. The molecule has 1 fully saturated rings. The first kappa shape index (κ1) is 15.5. The number of rotatable bonds is 6. The van der Waals surface area contributed by atoms with Crippen molar-refractivity contribution in [2.45, 2.75) is 38.6 Å². The van der Waals surface area contributed by atoms with E-state index in [1.807, 2.05) is 29.1 Å². The Bertz CT molecular complexity index is 619. The fourth-order valence-corrected chi connectivity index (χ4v) is 2.96. The number of nitrogens with one attached hydrogen (secondary N) is 2. The molecule has 1 aliphatic carbocycles. The molecule has 122 valence electrons. The van der Waals surface area contributed by atoms with Crippen LogP contribution in [0, 0.1) is 5.92 Å². The van der Waals surface area contributed by atoms with Crippen LogP contribution in [0.1, 0.15) is 31.2 Å². The van der Waals surface area contributed by atoms with E-state index < -0.39 is 0 Å². The van der Waals surface area contributed by atoms with Crippen LogP contribution in [0.5, 0.6) is 0 Å². The van der Waals surface area contributed by atoms with Crippen LogP contribution in [0.15, 0.2) is 36.8 Å². The van der Waals surface area contributed by atoms with Gasteiger partial charge in [-0.25, -0.2) is 4.79 Å². The summed E-state index contributed by atoms with van der Waals surface area (Å²) in [5.41, 5.74) is 1.22. The highest BCUT2D eigenvalue weighted by molar-refractivity contribution is 5.88. The van der Waals surface area contributed by atoms with Crippen molar-refractivity contribution in [2.75, 3.05) is 11.9 Å². The molecule has 0 spiro atoms. The van der Waals surface area contributed by atoms with Crippen molar-refractivity contribution in [1.82, 2.24) is 20.1 Å². The van der Waals surface area contributed by atoms with Crippen molar-refractivity contribution < 1.29 is 4.79 Å². The lowest BCUT2D eigenvalue weighted by atomic mass is 10.1. The van der Waals surface area contributed by atoms with Crippen LogP contribution in [0.25, 0.3) is 0 Å². The van der Waals surface area contributed by atoms with Gasteiger partial charge >= 0.3 is 6.03 Å². The fourth-order valence-electron chi connectivity index (χ4n) is 2.96. The van der Waals surface area contributed by atoms with Crippen molar-refractivity contribution in [3.8, 4) is 0 Å². The molecule has 2 amide bonds. The molecule has 0 aromatic carbocycles. The zero-order valence-corrected chi connectivity index (χ0v) is 13.2. The fraction of sp³-hybridized carbons (Fsp3) is 0.471. The van der Waals surface area contributed by atoms with Crippen molar-refractivity contribution in [2.24, 2.45) is 5.92 Å². The molecule has 2 N–H and O–H groups in total. The van der Waals surface area contributed by atoms with Crippen LogP contribution < -0.4 is 10.6 Å². The summed E-state index contributed by atoms with van der Waals surface area (Å²) in [4.78, 5) is 15.9. The van der Waals surface area contributed by atoms with Gasteiger partial charge in [0.1, 0.15) is 0 Å². The van der Waals surface area contributed by atoms with Gasteiger partial charge in [-0.15, -0.1) is 0 Å². The standard InChI is InChI=1S/C17H23N5O/c23-17(19-13-15-3-1-2-4-15)20-16-8-12-22(21-16)11-7-14-5-9-18-10-6-14/h5-6,8-10,12,15H,1-4,7,11,13H2,(H2,19,20,21,23). The molecule has 6 heteroatoms. The summed E-state index contributed by atoms with van der Waals surface area (Å²) in [5, 5.41) is 10.1. The molecule has 0 bridgehead atoms. The highest BCUT2D eigenvalue weighted by Crippen LogP contribution is 2.23. The Labute approximate surface area is 136 Å². The minimum atomic E-state index is -0.170. The molecule has 0 atom stereocenters. The van der Waals surface area contributed by atoms with Gasteiger partial charge in [-0.05, 0) is 42.9 Å². The number of aryl methyl sites for hydroxylation is 2. The number of carbonyl (C=O) groups excluding carboxylic acids is 1. The van der Waals surface area contributed by atoms with Crippen molar-refractivity contribution in [1.29, 1.82) is 0 Å². The van der Waals surface area contributed by atoms with Gasteiger partial charge in [0.2, 0.25) is 0 Å². The molecule has 0 saturated heterocycles. The lowest BCUT2D eigenvalue weighted by Gasteiger charge is -2.10. The highest BCUT2D eigenvalue weighted by atomic mass is 16.2. The van der Waals surface area contributed by atoms with E-state index in [4.69, 9.17) is 0 Å². The summed E-state index contributed by atoms with van der Waals surface area (Å²) in [6.45, 7) is 1.53. The zero-order chi connectivity index (χ0) is 15.9. The molecule has 0 unspecified atom stereocenters. The van der Waals surface area contributed by atoms with Gasteiger partial charge in [-0.3, -0.25) is 15.0 Å². The number of amides is 2. The molecule has 3 rings (SSSR count). The second kappa shape index (κ2) is 7.76. The Morgan fingerprint density at radius 3 is 2.78 bits per heavy atom. The molecule has 23 heavy (non-hydrogen) atoms. The SMILES string of the molecule is O=C(NCC1CCCC1)Nc1ccn(CCc2ccncc2)n1. The van der Waals surface area contributed by atoms with E-state index in [1.165, 1.54) is 31.2 Å². The smallest absolute Gasteiger partial charge is 0.320 e. The largest absolute Gasteiger partial charge is 0.338 e. The second-order valence-corrected chi connectivity index (χ2v) is 6.06. The van der Waals surface area contributed by atoms with E-state index in [1.54, 1.807) is 12.4 Å². The Morgan fingerprint density at radius 2 is 2.00 bits per heavy atom. The van der Waals surface area contributed by atoms with Crippen molar-refractivity contribution >= 4 is 11.8 Å². The first-order valence-corrected chi connectivity index (χ1v) is 8.27. The topological polar surface area (TPSA) is 71.8 Å². The number of hydrogen-bond acceptors (Lipinski definition) is 3. The Hall–Kier alpha value is -2.37. The van der Waals surface area contributed by atoms with Crippen LogP contribution in [0.4, 0.5) is 10.6 Å². The predicted octanol–water partition coefficient (Wildman–Crippen LogP) is 2.83. The summed E-state index contributed by atoms with van der Waals surface area (Å²) in [6.07, 6.45) is 11.4. The Balaban J connectivity index is 1.42. The summed E-state index contributed by atoms with van der Waals surface area (Å²) in [5.74, 6) is 1.22. The van der Waals surface area contributed by atoms with Crippen LogP contribution in [0.2, 0.25) is 0 Å². The van der Waals surface area contributed by atoms with Gasteiger partial charge in [0.15, 0.2) is 5.82 Å². The average molecular weight is 313 g/mol. The number of aromatic nitrogens is 3. The maximum Gasteiger partial charge on any atom is 0.320 e. The average Bonchev–Trinajstić information content (AvgIpc) is 3.24. The molecular formula is C17H23N5O. The molecule has 2 aromatic rings. The molecule has 1 aliphatic rings. The lowest BCUT2D eigenvalue weighted by Crippen LogP contribution is -2.32. The van der Waals surface area contributed by atoms with E-state index in [2.05, 4.69) is 20.7 Å². The minimum Gasteiger partial charge on any atom is -0.338 e. The number of anilines is 1. The van der Waals surface area contributed by atoms with E-state index in [-0.39, 0.29) is 6.03 Å². The van der Waals surface area contributed by atoms with Gasteiger partial charge in [-0.1, -0.05) is 12.8 Å². The lowest BCUT2D eigenvalue weighted by molar-refractivity contribution is 0.250. The zero-order valence-electron chi connectivity index (χ0n) is 13.2. The van der Waals surface area contributed by atoms with Gasteiger partial charge in [0, 0.05) is 37.7 Å². The minimum absolute atomic E-state index is 0.170. The van der Waals surface area contributed by atoms with E-state index in [0.717, 1.165) is 19.5 Å². The van der Waals surface area contributed by atoms with Crippen LogP contribution >= 0.6 is 0 Å². The summed E-state index contributed by atoms with van der Waals surface area (Å²) >= 11 is 0. The summed E-state index contributed by atoms with van der Waals surface area (Å²) in [7, 11) is 0. The monoisotopic (exact) mass is 313 g/mol. The van der Waals surface area contributed by atoms with Gasteiger partial charge in [0.05, 0.1) is 0 Å². The quantitative estimate of drug-likeness (QED) is 0.861. The number of carbonyl (C=O) groups is 1. The van der Waals surface area contributed by atoms with Crippen molar-refractivity contribution in [3.63, 3.8) is 0 Å². The summed E-state index contributed by atoms with van der Waals surface area (Å²) < 4.78 is 1.84. The van der Waals surface area contributed by atoms with E-state index in [0.29, 0.717) is 11.7 Å².